The molecule has 2 aromatic rings. The fourth-order valence-corrected chi connectivity index (χ4v) is 2.27. The second kappa shape index (κ2) is 6.34. The van der Waals surface area contributed by atoms with Gasteiger partial charge in [0.05, 0.1) is 5.69 Å². The molecule has 0 aliphatic rings. The third-order valence-corrected chi connectivity index (χ3v) is 3.51. The summed E-state index contributed by atoms with van der Waals surface area (Å²) in [6.07, 6.45) is -4.42. The lowest BCUT2D eigenvalue weighted by Gasteiger charge is -2.09. The van der Waals surface area contributed by atoms with Gasteiger partial charge in [-0.15, -0.1) is 5.10 Å². The molecule has 0 aromatic carbocycles. The monoisotopic (exact) mass is 331 g/mol. The molecule has 6 nitrogen and oxygen atoms in total. The molecule has 10 heteroatoms. The molecule has 22 heavy (non-hydrogen) atoms. The summed E-state index contributed by atoms with van der Waals surface area (Å²) >= 11 is 0.959. The zero-order valence-corrected chi connectivity index (χ0v) is 12.5. The molecule has 0 unspecified atom stereocenters. The van der Waals surface area contributed by atoms with Crippen LogP contribution in [0, 0.1) is 13.8 Å². The highest BCUT2D eigenvalue weighted by molar-refractivity contribution is 7.07. The third kappa shape index (κ3) is 3.97. The van der Waals surface area contributed by atoms with Crippen LogP contribution in [0.2, 0.25) is 0 Å². The summed E-state index contributed by atoms with van der Waals surface area (Å²) in [7, 11) is 0. The predicted molar refractivity (Wildman–Crippen MR) is 72.5 cm³/mol. The van der Waals surface area contributed by atoms with Gasteiger partial charge in [-0.3, -0.25) is 4.79 Å². The molecule has 2 rings (SSSR count). The molecule has 0 radical (unpaired) electrons. The number of nitrogens with one attached hydrogen (secondary N) is 1. The third-order valence-electron chi connectivity index (χ3n) is 2.68. The lowest BCUT2D eigenvalue weighted by molar-refractivity contribution is -0.141. The molecule has 0 aliphatic carbocycles. The standard InChI is InChI=1S/C12H12F3N5OS/c1-6-5-8(12(13,14)15)18-9(17-6)3-4-16-11(21)10-7(2)19-20-22-10/h5H,3-4H2,1-2H3,(H,16,21). The van der Waals surface area contributed by atoms with Gasteiger partial charge in [-0.1, -0.05) is 4.49 Å². The number of carbonyl (C=O) groups is 1. The number of hydrogen-bond acceptors (Lipinski definition) is 6. The highest BCUT2D eigenvalue weighted by atomic mass is 32.1. The van der Waals surface area contributed by atoms with E-state index in [1.165, 1.54) is 6.92 Å². The maximum absolute atomic E-state index is 12.7. The fraction of sp³-hybridized carbons (Fsp3) is 0.417. The van der Waals surface area contributed by atoms with Crippen molar-refractivity contribution in [3.63, 3.8) is 0 Å². The Labute approximate surface area is 128 Å². The van der Waals surface area contributed by atoms with Crippen LogP contribution in [0.3, 0.4) is 0 Å². The van der Waals surface area contributed by atoms with Crippen LogP contribution >= 0.6 is 11.5 Å². The topological polar surface area (TPSA) is 80.7 Å². The van der Waals surface area contributed by atoms with Crippen LogP contribution in [0.4, 0.5) is 13.2 Å². The smallest absolute Gasteiger partial charge is 0.351 e. The van der Waals surface area contributed by atoms with E-state index in [0.717, 1.165) is 17.6 Å². The SMILES string of the molecule is Cc1cc(C(F)(F)F)nc(CCNC(=O)c2snnc2C)n1. The van der Waals surface area contributed by atoms with E-state index >= 15 is 0 Å². The molecule has 0 saturated heterocycles. The van der Waals surface area contributed by atoms with Crippen molar-refractivity contribution in [2.24, 2.45) is 0 Å². The number of aromatic nitrogens is 4. The van der Waals surface area contributed by atoms with Gasteiger partial charge in [0.15, 0.2) is 0 Å². The second-order valence-electron chi connectivity index (χ2n) is 4.50. The average Bonchev–Trinajstić information content (AvgIpc) is 2.83. The molecule has 1 N–H and O–H groups in total. The first-order valence-corrected chi connectivity index (χ1v) is 7.03. The minimum Gasteiger partial charge on any atom is -0.351 e. The van der Waals surface area contributed by atoms with Gasteiger partial charge in [0, 0.05) is 18.7 Å². The Hall–Kier alpha value is -2.10. The van der Waals surface area contributed by atoms with Crippen molar-refractivity contribution >= 4 is 17.4 Å². The molecule has 1 amide bonds. The summed E-state index contributed by atoms with van der Waals surface area (Å²) in [6.45, 7) is 3.24. The molecule has 0 saturated carbocycles. The molecule has 0 atom stereocenters. The Morgan fingerprint density at radius 2 is 2.05 bits per heavy atom. The highest BCUT2D eigenvalue weighted by Crippen LogP contribution is 2.27. The van der Waals surface area contributed by atoms with E-state index in [1.54, 1.807) is 6.92 Å². The van der Waals surface area contributed by atoms with E-state index in [1.807, 2.05) is 0 Å². The Morgan fingerprint density at radius 1 is 1.32 bits per heavy atom. The fourth-order valence-electron chi connectivity index (χ4n) is 1.69. The van der Waals surface area contributed by atoms with E-state index in [0.29, 0.717) is 10.6 Å². The summed E-state index contributed by atoms with van der Waals surface area (Å²) in [5, 5.41) is 6.29. The summed E-state index contributed by atoms with van der Waals surface area (Å²) in [4.78, 5) is 19.6. The molecule has 118 valence electrons. The number of alkyl halides is 3. The van der Waals surface area contributed by atoms with Gasteiger partial charge in [0.2, 0.25) is 0 Å². The average molecular weight is 331 g/mol. The maximum atomic E-state index is 12.7. The number of carbonyl (C=O) groups excluding carboxylic acids is 1. The van der Waals surface area contributed by atoms with E-state index in [2.05, 4.69) is 24.9 Å². The molecular formula is C12H12F3N5OS. The van der Waals surface area contributed by atoms with Gasteiger partial charge in [-0.25, -0.2) is 9.97 Å². The second-order valence-corrected chi connectivity index (χ2v) is 5.26. The van der Waals surface area contributed by atoms with Crippen LogP contribution in [0.5, 0.6) is 0 Å². The van der Waals surface area contributed by atoms with Gasteiger partial charge in [0.1, 0.15) is 16.4 Å². The molecule has 0 bridgehead atoms. The van der Waals surface area contributed by atoms with Crippen LogP contribution in [-0.4, -0.2) is 32.0 Å². The summed E-state index contributed by atoms with van der Waals surface area (Å²) in [6, 6.07) is 0.883. The van der Waals surface area contributed by atoms with Crippen molar-refractivity contribution in [3.8, 4) is 0 Å². The van der Waals surface area contributed by atoms with Crippen molar-refractivity contribution in [1.29, 1.82) is 0 Å². The van der Waals surface area contributed by atoms with E-state index < -0.39 is 11.9 Å². The Morgan fingerprint density at radius 3 is 2.64 bits per heavy atom. The lowest BCUT2D eigenvalue weighted by Crippen LogP contribution is -2.26. The minimum absolute atomic E-state index is 0.0341. The zero-order chi connectivity index (χ0) is 16.3. The number of rotatable bonds is 4. The van der Waals surface area contributed by atoms with Crippen LogP contribution in [0.15, 0.2) is 6.07 Å². The predicted octanol–water partition coefficient (Wildman–Crippen LogP) is 1.94. The van der Waals surface area contributed by atoms with Gasteiger partial charge >= 0.3 is 6.18 Å². The summed E-state index contributed by atoms with van der Waals surface area (Å²) in [5.41, 5.74) is -0.247. The molecule has 0 spiro atoms. The largest absolute Gasteiger partial charge is 0.433 e. The van der Waals surface area contributed by atoms with Crippen LogP contribution in [0.1, 0.15) is 32.6 Å². The number of halogens is 3. The number of amides is 1. The number of hydrogen-bond donors (Lipinski definition) is 1. The highest BCUT2D eigenvalue weighted by Gasteiger charge is 2.33. The van der Waals surface area contributed by atoms with Crippen molar-refractivity contribution in [2.75, 3.05) is 6.54 Å². The first-order chi connectivity index (χ1) is 10.3. The molecule has 2 aromatic heterocycles. The van der Waals surface area contributed by atoms with E-state index in [9.17, 15) is 18.0 Å². The first kappa shape index (κ1) is 16.3. The van der Waals surface area contributed by atoms with Crippen molar-refractivity contribution in [1.82, 2.24) is 24.9 Å². The minimum atomic E-state index is -4.52. The Kier molecular flexibility index (Phi) is 4.69. The number of nitrogens with zero attached hydrogens (tertiary/aromatic N) is 4. The quantitative estimate of drug-likeness (QED) is 0.926. The molecule has 0 aliphatic heterocycles. The summed E-state index contributed by atoms with van der Waals surface area (Å²) in [5.74, 6) is -0.331. The van der Waals surface area contributed by atoms with Crippen LogP contribution < -0.4 is 5.32 Å². The normalized spacial score (nSPS) is 11.5. The van der Waals surface area contributed by atoms with Crippen molar-refractivity contribution < 1.29 is 18.0 Å². The molecule has 2 heterocycles. The van der Waals surface area contributed by atoms with Gasteiger partial charge in [-0.05, 0) is 31.4 Å². The number of aryl methyl sites for hydroxylation is 2. The Balaban J connectivity index is 1.99. The van der Waals surface area contributed by atoms with Crippen LogP contribution in [0.25, 0.3) is 0 Å². The van der Waals surface area contributed by atoms with Gasteiger partial charge < -0.3 is 5.32 Å². The molecule has 0 fully saturated rings. The summed E-state index contributed by atoms with van der Waals surface area (Å²) < 4.78 is 41.6. The Bertz CT molecular complexity index is 686. The maximum Gasteiger partial charge on any atom is 0.433 e. The van der Waals surface area contributed by atoms with Crippen LogP contribution in [-0.2, 0) is 12.6 Å². The first-order valence-electron chi connectivity index (χ1n) is 6.26. The van der Waals surface area contributed by atoms with E-state index in [4.69, 9.17) is 0 Å². The molecular weight excluding hydrogens is 319 g/mol. The van der Waals surface area contributed by atoms with Crippen molar-refractivity contribution in [2.45, 2.75) is 26.4 Å². The van der Waals surface area contributed by atoms with Gasteiger partial charge in [-0.2, -0.15) is 13.2 Å². The lowest BCUT2D eigenvalue weighted by atomic mass is 10.3. The van der Waals surface area contributed by atoms with Crippen molar-refractivity contribution in [3.05, 3.63) is 33.8 Å². The zero-order valence-electron chi connectivity index (χ0n) is 11.7. The van der Waals surface area contributed by atoms with E-state index in [-0.39, 0.29) is 30.4 Å². The van der Waals surface area contributed by atoms with Gasteiger partial charge in [0.25, 0.3) is 5.91 Å².